The van der Waals surface area contributed by atoms with E-state index < -0.39 is 5.91 Å². The van der Waals surface area contributed by atoms with Gasteiger partial charge in [0.25, 0.3) is 5.91 Å². The van der Waals surface area contributed by atoms with E-state index in [-0.39, 0.29) is 23.6 Å². The maximum Gasteiger partial charge on any atom is 0.274 e. The zero-order valence-corrected chi connectivity index (χ0v) is 22.3. The second-order valence-corrected chi connectivity index (χ2v) is 9.87. The Bertz CT molecular complexity index is 1370. The Balaban J connectivity index is 1.63. The molecule has 0 unspecified atom stereocenters. The lowest BCUT2D eigenvalue weighted by molar-refractivity contribution is -0.126. The van der Waals surface area contributed by atoms with E-state index in [4.69, 9.17) is 11.6 Å². The van der Waals surface area contributed by atoms with Gasteiger partial charge in [-0.15, -0.1) is 0 Å². The van der Waals surface area contributed by atoms with Gasteiger partial charge in [-0.2, -0.15) is 0 Å². The van der Waals surface area contributed by atoms with Crippen LogP contribution in [-0.2, 0) is 9.59 Å². The van der Waals surface area contributed by atoms with Crippen LogP contribution in [0.5, 0.6) is 0 Å². The molecule has 0 bridgehead atoms. The lowest BCUT2D eigenvalue weighted by Gasteiger charge is -2.26. The van der Waals surface area contributed by atoms with Crippen molar-refractivity contribution in [3.8, 4) is 0 Å². The minimum atomic E-state index is -0.426. The summed E-state index contributed by atoms with van der Waals surface area (Å²) in [4.78, 5) is 49.1. The minimum absolute atomic E-state index is 0.0414. The van der Waals surface area contributed by atoms with Crippen molar-refractivity contribution in [1.82, 2.24) is 24.3 Å². The highest BCUT2D eigenvalue weighted by Crippen LogP contribution is 2.34. The van der Waals surface area contributed by atoms with Crippen molar-refractivity contribution < 1.29 is 14.4 Å². The molecule has 1 atom stereocenters. The molecule has 1 saturated heterocycles. The standard InChI is InChI=1S/C27H32ClN7O3/c1-4-23(36)30-18-15-22(29-16-18)26(38)32-27-31-21-11-7-10-20(28)25(21)35(27)19-9-5-6-14-34(17-19)24(37)12-8-13-33(2)3/h4,7-8,10-12,15-16,19,29H,1,5-6,9,13-14,17H2,2-3H3,(H,30,36)(H,31,32,38)/b12-8+/t19-/m1/s1. The van der Waals surface area contributed by atoms with E-state index in [0.717, 1.165) is 25.3 Å². The number of hydrogen-bond acceptors (Lipinski definition) is 5. The second-order valence-electron chi connectivity index (χ2n) is 9.46. The largest absolute Gasteiger partial charge is 0.355 e. The Morgan fingerprint density at radius 3 is 2.84 bits per heavy atom. The number of aromatic amines is 1. The summed E-state index contributed by atoms with van der Waals surface area (Å²) in [6.07, 6.45) is 8.75. The Labute approximate surface area is 226 Å². The van der Waals surface area contributed by atoms with Gasteiger partial charge in [-0.05, 0) is 57.6 Å². The first-order chi connectivity index (χ1) is 18.3. The third kappa shape index (κ3) is 6.32. The number of anilines is 2. The first-order valence-electron chi connectivity index (χ1n) is 12.5. The zero-order chi connectivity index (χ0) is 27.2. The van der Waals surface area contributed by atoms with E-state index in [2.05, 4.69) is 27.2 Å². The van der Waals surface area contributed by atoms with Crippen LogP contribution in [0.1, 0.15) is 35.8 Å². The van der Waals surface area contributed by atoms with E-state index in [9.17, 15) is 14.4 Å². The van der Waals surface area contributed by atoms with E-state index in [1.807, 2.05) is 46.7 Å². The highest BCUT2D eigenvalue weighted by molar-refractivity contribution is 6.35. The van der Waals surface area contributed by atoms with Crippen molar-refractivity contribution in [2.75, 3.05) is 44.4 Å². The third-order valence-corrected chi connectivity index (χ3v) is 6.63. The van der Waals surface area contributed by atoms with Gasteiger partial charge in [0.15, 0.2) is 0 Å². The van der Waals surface area contributed by atoms with Gasteiger partial charge in [0, 0.05) is 31.9 Å². The SMILES string of the molecule is C=CC(=O)Nc1c[nH]c(C(=O)Nc2nc3cccc(Cl)c3n2[C@@H]2CCCCN(C(=O)/C=C/CN(C)C)C2)c1. The van der Waals surface area contributed by atoms with Crippen LogP contribution < -0.4 is 10.6 Å². The lowest BCUT2D eigenvalue weighted by atomic mass is 10.1. The summed E-state index contributed by atoms with van der Waals surface area (Å²) in [7, 11) is 3.90. The molecule has 1 aliphatic rings. The summed E-state index contributed by atoms with van der Waals surface area (Å²) in [5.74, 6) is -0.506. The van der Waals surface area contributed by atoms with Gasteiger partial charge < -0.3 is 24.7 Å². The van der Waals surface area contributed by atoms with Crippen molar-refractivity contribution in [1.29, 1.82) is 0 Å². The minimum Gasteiger partial charge on any atom is -0.355 e. The molecule has 4 rings (SSSR count). The Morgan fingerprint density at radius 1 is 1.26 bits per heavy atom. The third-order valence-electron chi connectivity index (χ3n) is 6.32. The van der Waals surface area contributed by atoms with Crippen LogP contribution in [0.2, 0.25) is 5.02 Å². The molecule has 0 radical (unpaired) electrons. The normalized spacial score (nSPS) is 16.1. The second kappa shape index (κ2) is 12.1. The van der Waals surface area contributed by atoms with E-state index in [1.165, 1.54) is 12.3 Å². The van der Waals surface area contributed by atoms with Gasteiger partial charge in [-0.25, -0.2) is 4.98 Å². The van der Waals surface area contributed by atoms with Crippen LogP contribution in [0.25, 0.3) is 11.0 Å². The fourth-order valence-corrected chi connectivity index (χ4v) is 4.77. The average Bonchev–Trinajstić information content (AvgIpc) is 3.41. The van der Waals surface area contributed by atoms with Gasteiger partial charge >= 0.3 is 0 Å². The van der Waals surface area contributed by atoms with Gasteiger partial charge in [0.2, 0.25) is 17.8 Å². The number of benzene rings is 1. The molecule has 0 aliphatic carbocycles. The number of imidazole rings is 1. The number of aromatic nitrogens is 3. The highest BCUT2D eigenvalue weighted by Gasteiger charge is 2.27. The predicted octanol–water partition coefficient (Wildman–Crippen LogP) is 4.07. The number of likely N-dealkylation sites (N-methyl/N-ethyl adjacent to an activating group) is 1. The summed E-state index contributed by atoms with van der Waals surface area (Å²) in [6, 6.07) is 6.83. The molecule has 3 amide bonds. The van der Waals surface area contributed by atoms with Crippen LogP contribution in [0.15, 0.2) is 55.3 Å². The summed E-state index contributed by atoms with van der Waals surface area (Å²) in [5.41, 5.74) is 2.04. The average molecular weight is 538 g/mol. The zero-order valence-electron chi connectivity index (χ0n) is 21.5. The maximum atomic E-state index is 13.2. The molecule has 1 aromatic carbocycles. The van der Waals surface area contributed by atoms with Crippen molar-refractivity contribution in [2.24, 2.45) is 0 Å². The van der Waals surface area contributed by atoms with Crippen LogP contribution >= 0.6 is 11.6 Å². The summed E-state index contributed by atoms with van der Waals surface area (Å²) in [5, 5.41) is 6.03. The summed E-state index contributed by atoms with van der Waals surface area (Å²) >= 11 is 6.63. The lowest BCUT2D eigenvalue weighted by Crippen LogP contribution is -2.34. The molecule has 3 N–H and O–H groups in total. The Morgan fingerprint density at radius 2 is 2.08 bits per heavy atom. The van der Waals surface area contributed by atoms with Crippen molar-refractivity contribution in [2.45, 2.75) is 25.3 Å². The number of para-hydroxylation sites is 1. The molecule has 3 aromatic rings. The molecule has 1 fully saturated rings. The Hall–Kier alpha value is -3.89. The predicted molar refractivity (Wildman–Crippen MR) is 149 cm³/mol. The van der Waals surface area contributed by atoms with Crippen molar-refractivity contribution in [3.05, 3.63) is 66.0 Å². The van der Waals surface area contributed by atoms with Crippen LogP contribution in [0.4, 0.5) is 11.6 Å². The van der Waals surface area contributed by atoms with Crippen LogP contribution in [-0.4, -0.2) is 75.8 Å². The summed E-state index contributed by atoms with van der Waals surface area (Å²) < 4.78 is 1.94. The number of nitrogens with one attached hydrogen (secondary N) is 3. The smallest absolute Gasteiger partial charge is 0.274 e. The number of hydrogen-bond donors (Lipinski definition) is 3. The molecule has 0 saturated carbocycles. The number of carbonyl (C=O) groups is 3. The van der Waals surface area contributed by atoms with E-state index in [1.54, 1.807) is 12.1 Å². The number of fused-ring (bicyclic) bond motifs is 1. The van der Waals surface area contributed by atoms with Crippen molar-refractivity contribution >= 4 is 52.0 Å². The first-order valence-corrected chi connectivity index (χ1v) is 12.8. The number of H-pyrrole nitrogens is 1. The summed E-state index contributed by atoms with van der Waals surface area (Å²) in [6.45, 7) is 5.23. The molecular weight excluding hydrogens is 506 g/mol. The molecule has 10 nitrogen and oxygen atoms in total. The fourth-order valence-electron chi connectivity index (χ4n) is 4.51. The molecule has 11 heteroatoms. The van der Waals surface area contributed by atoms with Gasteiger partial charge in [0.1, 0.15) is 5.69 Å². The van der Waals surface area contributed by atoms with Crippen LogP contribution in [0, 0.1) is 0 Å². The monoisotopic (exact) mass is 537 g/mol. The first kappa shape index (κ1) is 27.2. The van der Waals surface area contributed by atoms with E-state index >= 15 is 0 Å². The number of halogens is 1. The number of amides is 3. The number of likely N-dealkylation sites (tertiary alicyclic amines) is 1. The Kier molecular flexibility index (Phi) is 8.65. The molecular formula is C27H32ClN7O3. The molecule has 3 heterocycles. The van der Waals surface area contributed by atoms with Crippen LogP contribution in [0.3, 0.4) is 0 Å². The topological polar surface area (TPSA) is 115 Å². The quantitative estimate of drug-likeness (QED) is 0.375. The molecule has 200 valence electrons. The van der Waals surface area contributed by atoms with E-state index in [0.29, 0.717) is 47.3 Å². The highest BCUT2D eigenvalue weighted by atomic mass is 35.5. The van der Waals surface area contributed by atoms with Gasteiger partial charge in [-0.3, -0.25) is 19.7 Å². The molecule has 38 heavy (non-hydrogen) atoms. The molecule has 0 spiro atoms. The maximum absolute atomic E-state index is 13.2. The van der Waals surface area contributed by atoms with Gasteiger partial charge in [0.05, 0.1) is 27.8 Å². The molecule has 2 aromatic heterocycles. The molecule has 1 aliphatic heterocycles. The number of nitrogens with zero attached hydrogens (tertiary/aromatic N) is 4. The number of rotatable bonds is 8. The van der Waals surface area contributed by atoms with Gasteiger partial charge in [-0.1, -0.05) is 30.3 Å². The number of carbonyl (C=O) groups excluding carboxylic acids is 3. The van der Waals surface area contributed by atoms with Crippen molar-refractivity contribution in [3.63, 3.8) is 0 Å². The fraction of sp³-hybridized carbons (Fsp3) is 0.333.